The lowest BCUT2D eigenvalue weighted by Gasteiger charge is -2.24. The van der Waals surface area contributed by atoms with Crippen LogP contribution >= 0.6 is 11.6 Å². The lowest BCUT2D eigenvalue weighted by Crippen LogP contribution is -2.36. The van der Waals surface area contributed by atoms with Gasteiger partial charge >= 0.3 is 11.8 Å². The highest BCUT2D eigenvalue weighted by Crippen LogP contribution is 2.24. The van der Waals surface area contributed by atoms with Gasteiger partial charge in [-0.25, -0.2) is 19.0 Å². The Hall–Kier alpha value is -2.16. The minimum atomic E-state index is -1.26. The van der Waals surface area contributed by atoms with E-state index in [9.17, 15) is 14.0 Å². The molecule has 0 N–H and O–H groups in total. The lowest BCUT2D eigenvalue weighted by molar-refractivity contribution is 0.0280. The number of likely N-dealkylation sites (tertiary alicyclic amines) is 1. The van der Waals surface area contributed by atoms with Crippen LogP contribution in [0.1, 0.15) is 20.8 Å². The molecule has 26 heavy (non-hydrogen) atoms. The van der Waals surface area contributed by atoms with E-state index in [2.05, 4.69) is 9.97 Å². The van der Waals surface area contributed by atoms with Crippen molar-refractivity contribution in [2.75, 3.05) is 13.1 Å². The molecule has 0 aromatic carbocycles. The molecule has 0 aliphatic carbocycles. The number of carbonyl (C=O) groups is 1. The predicted octanol–water partition coefficient (Wildman–Crippen LogP) is 1.99. The SMILES string of the molecule is Cn1c(=O)n(C[C@@H]2CN(C(=O)OC(C)(C)C)C[C@H]2F)c2nc(Cl)ncc21. The third-order valence-electron chi connectivity index (χ3n) is 4.29. The number of carbonyl (C=O) groups excluding carboxylic acids is 1. The maximum atomic E-state index is 14.5. The fourth-order valence-electron chi connectivity index (χ4n) is 3.03. The molecule has 3 rings (SSSR count). The van der Waals surface area contributed by atoms with Crippen molar-refractivity contribution < 1.29 is 13.9 Å². The number of aromatic nitrogens is 4. The second-order valence-corrected chi connectivity index (χ2v) is 7.80. The van der Waals surface area contributed by atoms with Crippen LogP contribution in [-0.4, -0.2) is 55.0 Å². The van der Waals surface area contributed by atoms with Crippen LogP contribution in [0.2, 0.25) is 5.28 Å². The number of halogens is 2. The summed E-state index contributed by atoms with van der Waals surface area (Å²) in [5.74, 6) is -0.542. The van der Waals surface area contributed by atoms with Crippen molar-refractivity contribution in [2.45, 2.75) is 39.1 Å². The van der Waals surface area contributed by atoms with Crippen LogP contribution in [0.25, 0.3) is 11.2 Å². The first-order valence-electron chi connectivity index (χ1n) is 8.26. The van der Waals surface area contributed by atoms with Crippen LogP contribution < -0.4 is 5.69 Å². The average molecular weight is 386 g/mol. The van der Waals surface area contributed by atoms with Crippen molar-refractivity contribution >= 4 is 28.9 Å². The highest BCUT2D eigenvalue weighted by molar-refractivity contribution is 6.28. The number of nitrogens with zero attached hydrogens (tertiary/aromatic N) is 5. The Morgan fingerprint density at radius 1 is 1.42 bits per heavy atom. The van der Waals surface area contributed by atoms with Gasteiger partial charge in [0.2, 0.25) is 5.28 Å². The van der Waals surface area contributed by atoms with E-state index >= 15 is 0 Å². The topological polar surface area (TPSA) is 82.2 Å². The Morgan fingerprint density at radius 3 is 2.77 bits per heavy atom. The molecule has 0 spiro atoms. The summed E-state index contributed by atoms with van der Waals surface area (Å²) in [6, 6.07) is 0. The van der Waals surface area contributed by atoms with Crippen LogP contribution in [0.5, 0.6) is 0 Å². The average Bonchev–Trinajstić information content (AvgIpc) is 3.00. The van der Waals surface area contributed by atoms with Gasteiger partial charge in [0, 0.05) is 26.1 Å². The molecule has 1 fully saturated rings. The molecule has 0 saturated carbocycles. The van der Waals surface area contributed by atoms with Gasteiger partial charge in [0.25, 0.3) is 0 Å². The zero-order valence-corrected chi connectivity index (χ0v) is 15.8. The van der Waals surface area contributed by atoms with Gasteiger partial charge in [0.05, 0.1) is 12.7 Å². The van der Waals surface area contributed by atoms with E-state index in [1.165, 1.54) is 20.2 Å². The Labute approximate surface area is 154 Å². The standard InChI is InChI=1S/C16H21ClFN5O3/c1-16(2,3)26-15(25)22-6-9(10(18)8-22)7-23-12-11(21(4)14(23)24)5-19-13(17)20-12/h5,9-10H,6-8H2,1-4H3/t9-,10+/m0/s1. The monoisotopic (exact) mass is 385 g/mol. The third-order valence-corrected chi connectivity index (χ3v) is 4.47. The Morgan fingerprint density at radius 2 is 2.12 bits per heavy atom. The lowest BCUT2D eigenvalue weighted by atomic mass is 10.1. The fourth-order valence-corrected chi connectivity index (χ4v) is 3.16. The van der Waals surface area contributed by atoms with Crippen molar-refractivity contribution in [2.24, 2.45) is 13.0 Å². The van der Waals surface area contributed by atoms with Gasteiger partial charge < -0.3 is 9.64 Å². The molecular formula is C16H21ClFN5O3. The first-order valence-corrected chi connectivity index (χ1v) is 8.64. The van der Waals surface area contributed by atoms with Gasteiger partial charge in [-0.2, -0.15) is 4.98 Å². The van der Waals surface area contributed by atoms with Gasteiger partial charge in [-0.15, -0.1) is 0 Å². The number of amides is 1. The zero-order chi connectivity index (χ0) is 19.2. The second kappa shape index (κ2) is 6.53. The van der Waals surface area contributed by atoms with Crippen molar-refractivity contribution in [3.63, 3.8) is 0 Å². The highest BCUT2D eigenvalue weighted by atomic mass is 35.5. The van der Waals surface area contributed by atoms with E-state index in [-0.39, 0.29) is 30.6 Å². The maximum absolute atomic E-state index is 14.5. The van der Waals surface area contributed by atoms with E-state index in [0.717, 1.165) is 0 Å². The molecule has 10 heteroatoms. The summed E-state index contributed by atoms with van der Waals surface area (Å²) in [6.45, 7) is 5.45. The van der Waals surface area contributed by atoms with Crippen LogP contribution in [0.4, 0.5) is 9.18 Å². The van der Waals surface area contributed by atoms with E-state index in [0.29, 0.717) is 11.2 Å². The van der Waals surface area contributed by atoms with Crippen LogP contribution in [0.15, 0.2) is 11.0 Å². The summed E-state index contributed by atoms with van der Waals surface area (Å²) in [5.41, 5.74) is -0.127. The van der Waals surface area contributed by atoms with Crippen molar-refractivity contribution in [3.05, 3.63) is 22.0 Å². The molecule has 1 saturated heterocycles. The number of fused-ring (bicyclic) bond motifs is 1. The Balaban J connectivity index is 1.83. The predicted molar refractivity (Wildman–Crippen MR) is 94.0 cm³/mol. The van der Waals surface area contributed by atoms with Crippen LogP contribution in [0, 0.1) is 5.92 Å². The van der Waals surface area contributed by atoms with Crippen molar-refractivity contribution in [1.82, 2.24) is 24.0 Å². The summed E-state index contributed by atoms with van der Waals surface area (Å²) in [4.78, 5) is 33.9. The zero-order valence-electron chi connectivity index (χ0n) is 15.1. The number of rotatable bonds is 2. The number of ether oxygens (including phenoxy) is 1. The molecule has 0 radical (unpaired) electrons. The Bertz CT molecular complexity index is 904. The molecule has 1 aliphatic heterocycles. The maximum Gasteiger partial charge on any atom is 0.410 e. The minimum Gasteiger partial charge on any atom is -0.444 e. The summed E-state index contributed by atoms with van der Waals surface area (Å²) in [6.07, 6.45) is -0.364. The number of aryl methyl sites for hydroxylation is 1. The molecule has 0 bridgehead atoms. The molecule has 2 aromatic rings. The molecule has 2 aromatic heterocycles. The fraction of sp³-hybridized carbons (Fsp3) is 0.625. The van der Waals surface area contributed by atoms with Crippen molar-refractivity contribution in [3.8, 4) is 0 Å². The number of hydrogen-bond donors (Lipinski definition) is 0. The normalized spacial score (nSPS) is 20.8. The van der Waals surface area contributed by atoms with E-state index in [1.54, 1.807) is 27.8 Å². The number of hydrogen-bond acceptors (Lipinski definition) is 5. The highest BCUT2D eigenvalue weighted by Gasteiger charge is 2.38. The van der Waals surface area contributed by atoms with Gasteiger partial charge in [-0.1, -0.05) is 0 Å². The van der Waals surface area contributed by atoms with Gasteiger partial charge in [0.15, 0.2) is 5.65 Å². The molecular weight excluding hydrogens is 365 g/mol. The first kappa shape index (κ1) is 18.6. The molecule has 0 unspecified atom stereocenters. The molecule has 3 heterocycles. The van der Waals surface area contributed by atoms with Crippen molar-refractivity contribution in [1.29, 1.82) is 0 Å². The quantitative estimate of drug-likeness (QED) is 0.738. The largest absolute Gasteiger partial charge is 0.444 e. The van der Waals surface area contributed by atoms with Gasteiger partial charge in [0.1, 0.15) is 17.3 Å². The van der Waals surface area contributed by atoms with E-state index in [1.807, 2.05) is 0 Å². The molecule has 1 amide bonds. The summed E-state index contributed by atoms with van der Waals surface area (Å²) >= 11 is 5.83. The van der Waals surface area contributed by atoms with Gasteiger partial charge in [-0.3, -0.25) is 9.13 Å². The first-order chi connectivity index (χ1) is 12.1. The summed E-state index contributed by atoms with van der Waals surface area (Å²) in [7, 11) is 1.59. The van der Waals surface area contributed by atoms with Crippen LogP contribution in [0.3, 0.4) is 0 Å². The van der Waals surface area contributed by atoms with Crippen LogP contribution in [-0.2, 0) is 18.3 Å². The Kier molecular flexibility index (Phi) is 4.68. The third kappa shape index (κ3) is 3.53. The molecule has 8 nitrogen and oxygen atoms in total. The minimum absolute atomic E-state index is 0.00968. The molecule has 1 aliphatic rings. The molecule has 2 atom stereocenters. The van der Waals surface area contributed by atoms with Gasteiger partial charge in [-0.05, 0) is 32.4 Å². The second-order valence-electron chi connectivity index (χ2n) is 7.46. The number of alkyl halides is 1. The molecule has 142 valence electrons. The summed E-state index contributed by atoms with van der Waals surface area (Å²) in [5, 5.41) is 0.00968. The smallest absolute Gasteiger partial charge is 0.410 e. The van der Waals surface area contributed by atoms with E-state index in [4.69, 9.17) is 16.3 Å². The number of imidazole rings is 1. The van der Waals surface area contributed by atoms with E-state index < -0.39 is 23.8 Å². The summed E-state index contributed by atoms with van der Waals surface area (Å²) < 4.78 is 22.6.